The molecule has 146 valence electrons. The summed E-state index contributed by atoms with van der Waals surface area (Å²) in [6, 6.07) is -0.897. The summed E-state index contributed by atoms with van der Waals surface area (Å²) in [5, 5.41) is 14.1. The topological polar surface area (TPSA) is 82.2 Å². The van der Waals surface area contributed by atoms with Crippen LogP contribution >= 0.6 is 0 Å². The van der Waals surface area contributed by atoms with Crippen molar-refractivity contribution in [3.8, 4) is 0 Å². The minimum absolute atomic E-state index is 0.175. The third kappa shape index (κ3) is 7.46. The number of amides is 1. The second-order valence-corrected chi connectivity index (χ2v) is 6.75. The number of hydrogen-bond acceptors (Lipinski definition) is 2. The lowest BCUT2D eigenvalue weighted by molar-refractivity contribution is -0.141. The van der Waals surface area contributed by atoms with Crippen LogP contribution in [0, 0.1) is 0 Å². The van der Waals surface area contributed by atoms with Crippen LogP contribution in [0.25, 0.3) is 12.2 Å². The van der Waals surface area contributed by atoms with Crippen molar-refractivity contribution in [2.45, 2.75) is 84.6 Å². The van der Waals surface area contributed by atoms with E-state index in [2.05, 4.69) is 17.2 Å². The summed E-state index contributed by atoms with van der Waals surface area (Å²) in [6.45, 7) is 6.05. The van der Waals surface area contributed by atoms with Crippen molar-refractivity contribution in [3.63, 3.8) is 0 Å². The smallest absolute Gasteiger partial charge is 0.326 e. The van der Waals surface area contributed by atoms with Gasteiger partial charge in [0.15, 0.2) is 0 Å². The molecule has 1 aromatic heterocycles. The van der Waals surface area contributed by atoms with Crippen molar-refractivity contribution in [1.82, 2.24) is 10.3 Å². The molecule has 0 aromatic carbocycles. The highest BCUT2D eigenvalue weighted by atomic mass is 16.4. The summed E-state index contributed by atoms with van der Waals surface area (Å²) < 4.78 is 0. The molecule has 1 atom stereocenters. The van der Waals surface area contributed by atoms with Gasteiger partial charge < -0.3 is 15.4 Å². The average molecular weight is 363 g/mol. The fourth-order valence-electron chi connectivity index (χ4n) is 3.17. The molecule has 0 aliphatic carbocycles. The second kappa shape index (κ2) is 12.3. The summed E-state index contributed by atoms with van der Waals surface area (Å²) in [6.07, 6.45) is 14.4. The van der Waals surface area contributed by atoms with Gasteiger partial charge in [0.05, 0.1) is 0 Å². The number of aromatic amines is 1. The van der Waals surface area contributed by atoms with Crippen molar-refractivity contribution in [1.29, 1.82) is 0 Å². The summed E-state index contributed by atoms with van der Waals surface area (Å²) >= 11 is 0. The van der Waals surface area contributed by atoms with Crippen LogP contribution in [-0.4, -0.2) is 28.0 Å². The molecule has 5 heteroatoms. The van der Waals surface area contributed by atoms with Gasteiger partial charge in [0.2, 0.25) is 5.91 Å². The summed E-state index contributed by atoms with van der Waals surface area (Å²) in [4.78, 5) is 26.8. The average Bonchev–Trinajstić information content (AvgIpc) is 3.02. The Kier molecular flexibility index (Phi) is 10.4. The molecule has 0 saturated heterocycles. The first-order valence-corrected chi connectivity index (χ1v) is 9.84. The molecule has 0 aliphatic rings. The lowest BCUT2D eigenvalue weighted by Gasteiger charge is -2.14. The fraction of sp³-hybridized carbons (Fsp3) is 0.619. The largest absolute Gasteiger partial charge is 0.480 e. The Hall–Kier alpha value is -2.04. The van der Waals surface area contributed by atoms with E-state index in [4.69, 9.17) is 0 Å². The van der Waals surface area contributed by atoms with E-state index < -0.39 is 12.0 Å². The first-order valence-electron chi connectivity index (χ1n) is 9.84. The highest BCUT2D eigenvalue weighted by Gasteiger charge is 2.21. The molecule has 1 heterocycles. The van der Waals surface area contributed by atoms with Crippen LogP contribution in [0.3, 0.4) is 0 Å². The Labute approximate surface area is 156 Å². The number of carboxylic acids is 1. The minimum Gasteiger partial charge on any atom is -0.480 e. The Morgan fingerprint density at radius 3 is 2.35 bits per heavy atom. The van der Waals surface area contributed by atoms with Crippen LogP contribution in [0.1, 0.15) is 77.7 Å². The van der Waals surface area contributed by atoms with Crippen LogP contribution in [0.4, 0.5) is 0 Å². The number of rotatable bonds is 12. The van der Waals surface area contributed by atoms with Crippen LogP contribution in [0.5, 0.6) is 0 Å². The SMILES string of the molecule is C/C=c1/c(CC(NC(=O)CCCCCCCCC)C(=O)O)c[nH]/c1=C/C. The van der Waals surface area contributed by atoms with Crippen LogP contribution < -0.4 is 15.9 Å². The molecule has 1 rings (SSSR count). The molecule has 0 fully saturated rings. The molecule has 26 heavy (non-hydrogen) atoms. The number of nitrogens with one attached hydrogen (secondary N) is 2. The number of aromatic nitrogens is 1. The van der Waals surface area contributed by atoms with E-state index in [1.54, 1.807) is 0 Å². The van der Waals surface area contributed by atoms with Crippen molar-refractivity contribution in [2.24, 2.45) is 0 Å². The van der Waals surface area contributed by atoms with Gasteiger partial charge in [0.1, 0.15) is 6.04 Å². The number of hydrogen-bond donors (Lipinski definition) is 3. The molecule has 0 saturated carbocycles. The number of carboxylic acid groups (broad SMARTS) is 1. The molecular formula is C21H34N2O3. The zero-order valence-electron chi connectivity index (χ0n) is 16.4. The van der Waals surface area contributed by atoms with E-state index in [1.807, 2.05) is 32.2 Å². The number of unbranched alkanes of at least 4 members (excludes halogenated alkanes) is 6. The molecule has 5 nitrogen and oxygen atoms in total. The molecule has 0 aliphatic heterocycles. The molecular weight excluding hydrogens is 328 g/mol. The van der Waals surface area contributed by atoms with Gasteiger partial charge in [0, 0.05) is 24.4 Å². The predicted octanol–water partition coefficient (Wildman–Crippen LogP) is 2.87. The third-order valence-corrected chi connectivity index (χ3v) is 4.68. The Morgan fingerprint density at radius 2 is 1.77 bits per heavy atom. The van der Waals surface area contributed by atoms with Gasteiger partial charge in [-0.3, -0.25) is 4.79 Å². The van der Waals surface area contributed by atoms with Crippen molar-refractivity contribution >= 4 is 24.0 Å². The molecule has 3 N–H and O–H groups in total. The fourth-order valence-corrected chi connectivity index (χ4v) is 3.17. The molecule has 0 radical (unpaired) electrons. The van der Waals surface area contributed by atoms with Gasteiger partial charge in [-0.25, -0.2) is 4.79 Å². The monoisotopic (exact) mass is 362 g/mol. The van der Waals surface area contributed by atoms with Crippen molar-refractivity contribution in [3.05, 3.63) is 22.3 Å². The van der Waals surface area contributed by atoms with E-state index in [0.29, 0.717) is 6.42 Å². The van der Waals surface area contributed by atoms with Gasteiger partial charge in [-0.2, -0.15) is 0 Å². The number of aliphatic carboxylic acids is 1. The van der Waals surface area contributed by atoms with Gasteiger partial charge >= 0.3 is 5.97 Å². The van der Waals surface area contributed by atoms with Crippen LogP contribution in [0.15, 0.2) is 6.20 Å². The van der Waals surface area contributed by atoms with E-state index in [1.165, 1.54) is 25.7 Å². The van der Waals surface area contributed by atoms with Crippen LogP contribution in [0.2, 0.25) is 0 Å². The molecule has 0 spiro atoms. The predicted molar refractivity (Wildman–Crippen MR) is 106 cm³/mol. The highest BCUT2D eigenvalue weighted by molar-refractivity contribution is 5.83. The van der Waals surface area contributed by atoms with E-state index >= 15 is 0 Å². The minimum atomic E-state index is -0.997. The molecule has 1 amide bonds. The number of carbonyl (C=O) groups is 2. The van der Waals surface area contributed by atoms with Gasteiger partial charge in [-0.1, -0.05) is 57.6 Å². The zero-order chi connectivity index (χ0) is 19.4. The van der Waals surface area contributed by atoms with E-state index in [0.717, 1.165) is 35.4 Å². The molecule has 1 unspecified atom stereocenters. The molecule has 0 bridgehead atoms. The Bertz CT molecular complexity index is 676. The zero-order valence-corrected chi connectivity index (χ0v) is 16.4. The highest BCUT2D eigenvalue weighted by Crippen LogP contribution is 2.08. The lowest BCUT2D eigenvalue weighted by Crippen LogP contribution is -2.43. The maximum Gasteiger partial charge on any atom is 0.326 e. The van der Waals surface area contributed by atoms with E-state index in [9.17, 15) is 14.7 Å². The standard InChI is InChI=1S/C21H34N2O3/c1-4-7-8-9-10-11-12-13-20(24)23-19(21(25)26)14-16-15-22-18(6-3)17(16)5-2/h5-6,15,19,22H,4,7-14H2,1-3H3,(H,23,24)(H,25,26)/b17-5-,18-6+. The van der Waals surface area contributed by atoms with Gasteiger partial charge in [0.25, 0.3) is 0 Å². The van der Waals surface area contributed by atoms with Crippen molar-refractivity contribution < 1.29 is 14.7 Å². The van der Waals surface area contributed by atoms with E-state index in [-0.39, 0.29) is 12.3 Å². The number of H-pyrrole nitrogens is 1. The maximum atomic E-state index is 12.1. The van der Waals surface area contributed by atoms with Gasteiger partial charge in [-0.15, -0.1) is 0 Å². The van der Waals surface area contributed by atoms with Crippen molar-refractivity contribution in [2.75, 3.05) is 0 Å². The first-order chi connectivity index (χ1) is 12.5. The second-order valence-electron chi connectivity index (χ2n) is 6.75. The summed E-state index contributed by atoms with van der Waals surface area (Å²) in [5.41, 5.74) is 0.907. The first kappa shape index (κ1) is 22.0. The lowest BCUT2D eigenvalue weighted by atomic mass is 10.1. The van der Waals surface area contributed by atoms with Crippen LogP contribution in [-0.2, 0) is 16.0 Å². The summed E-state index contributed by atoms with van der Waals surface area (Å²) in [5.74, 6) is -1.17. The Balaban J connectivity index is 2.50. The summed E-state index contributed by atoms with van der Waals surface area (Å²) in [7, 11) is 0. The Morgan fingerprint density at radius 1 is 1.12 bits per heavy atom. The maximum absolute atomic E-state index is 12.1. The normalized spacial score (nSPS) is 13.8. The third-order valence-electron chi connectivity index (χ3n) is 4.68. The molecule has 1 aromatic rings. The number of carbonyl (C=O) groups excluding carboxylic acids is 1. The van der Waals surface area contributed by atoms with Gasteiger partial charge in [-0.05, 0) is 31.1 Å². The quantitative estimate of drug-likeness (QED) is 0.500.